The number of nitrogens with zero attached hydrogens (tertiary/aromatic N) is 1. The number of hydrogen-bond acceptors (Lipinski definition) is 4. The van der Waals surface area contributed by atoms with Gasteiger partial charge in [0.15, 0.2) is 0 Å². The first-order valence-corrected chi connectivity index (χ1v) is 7.29. The Balaban J connectivity index is 2.33. The molecule has 1 aromatic carbocycles. The number of carbonyl (C=O) groups excluding carboxylic acids is 1. The maximum atomic E-state index is 12.3. The average molecular weight is 400 g/mol. The van der Waals surface area contributed by atoms with E-state index in [1.54, 1.807) is 12.3 Å². The quantitative estimate of drug-likeness (QED) is 0.545. The normalized spacial score (nSPS) is 10.2. The van der Waals surface area contributed by atoms with Crippen molar-refractivity contribution in [3.8, 4) is 0 Å². The molecule has 0 spiro atoms. The maximum absolute atomic E-state index is 12.3. The van der Waals surface area contributed by atoms with Crippen LogP contribution in [0.3, 0.4) is 0 Å². The van der Waals surface area contributed by atoms with Crippen LogP contribution in [0.25, 0.3) is 0 Å². The lowest BCUT2D eigenvalue weighted by Crippen LogP contribution is -2.18. The minimum absolute atomic E-state index is 0.295. The zero-order chi connectivity index (χ0) is 14.7. The lowest BCUT2D eigenvalue weighted by molar-refractivity contribution is 0.102. The van der Waals surface area contributed by atoms with Crippen molar-refractivity contribution in [2.24, 2.45) is 5.84 Å². The van der Waals surface area contributed by atoms with E-state index in [9.17, 15) is 4.79 Å². The van der Waals surface area contributed by atoms with Crippen LogP contribution in [0.4, 0.5) is 11.4 Å². The van der Waals surface area contributed by atoms with Gasteiger partial charge in [0.2, 0.25) is 0 Å². The number of hydrazine groups is 1. The Hall–Kier alpha value is -1.44. The first-order valence-electron chi connectivity index (χ1n) is 5.70. The maximum Gasteiger partial charge on any atom is 0.259 e. The second kappa shape index (κ2) is 6.34. The van der Waals surface area contributed by atoms with Gasteiger partial charge in [-0.2, -0.15) is 0 Å². The number of carbonyl (C=O) groups is 1. The molecule has 7 heteroatoms. The largest absolute Gasteiger partial charge is 0.323 e. The molecule has 1 aromatic heterocycles. The lowest BCUT2D eigenvalue weighted by Gasteiger charge is -2.12. The van der Waals surface area contributed by atoms with Crippen LogP contribution < -0.4 is 16.6 Å². The highest BCUT2D eigenvalue weighted by Crippen LogP contribution is 2.32. The van der Waals surface area contributed by atoms with Crippen molar-refractivity contribution < 1.29 is 4.79 Å². The molecule has 0 saturated carbocycles. The summed E-state index contributed by atoms with van der Waals surface area (Å²) in [6.07, 6.45) is 3.02. The fraction of sp³-hybridized carbons (Fsp3) is 0.0769. The highest BCUT2D eigenvalue weighted by atomic mass is 79.9. The van der Waals surface area contributed by atoms with Gasteiger partial charge in [-0.05, 0) is 62.5 Å². The second-order valence-electron chi connectivity index (χ2n) is 4.12. The summed E-state index contributed by atoms with van der Waals surface area (Å²) < 4.78 is 1.59. The molecule has 0 bridgehead atoms. The standard InChI is InChI=1S/C13H12Br2N4O/c1-7-4-9(14)12(10(15)5-7)18-13(20)8-6-17-3-2-11(8)19-16/h2-6H,16H2,1H3,(H,17,19)(H,18,20). The zero-order valence-corrected chi connectivity index (χ0v) is 13.7. The zero-order valence-electron chi connectivity index (χ0n) is 10.6. The van der Waals surface area contributed by atoms with E-state index in [0.29, 0.717) is 16.9 Å². The van der Waals surface area contributed by atoms with Crippen molar-refractivity contribution >= 4 is 49.1 Å². The number of anilines is 2. The minimum atomic E-state index is -0.295. The molecular formula is C13H12Br2N4O. The molecule has 0 aliphatic rings. The van der Waals surface area contributed by atoms with Crippen molar-refractivity contribution in [2.75, 3.05) is 10.7 Å². The molecule has 0 atom stereocenters. The molecule has 4 N–H and O–H groups in total. The molecule has 0 aliphatic carbocycles. The van der Waals surface area contributed by atoms with Crippen LogP contribution in [0.15, 0.2) is 39.5 Å². The van der Waals surface area contributed by atoms with Crippen LogP contribution in [0, 0.1) is 6.92 Å². The molecule has 20 heavy (non-hydrogen) atoms. The number of aromatic nitrogens is 1. The fourth-order valence-electron chi connectivity index (χ4n) is 1.70. The van der Waals surface area contributed by atoms with Crippen molar-refractivity contribution in [1.29, 1.82) is 0 Å². The Labute approximate surface area is 133 Å². The van der Waals surface area contributed by atoms with E-state index < -0.39 is 0 Å². The van der Waals surface area contributed by atoms with Crippen LogP contribution >= 0.6 is 31.9 Å². The predicted molar refractivity (Wildman–Crippen MR) is 86.6 cm³/mol. The summed E-state index contributed by atoms with van der Waals surface area (Å²) in [5.74, 6) is 5.09. The third-order valence-corrected chi connectivity index (χ3v) is 3.90. The topological polar surface area (TPSA) is 80.0 Å². The van der Waals surface area contributed by atoms with E-state index in [4.69, 9.17) is 5.84 Å². The number of nitrogens with two attached hydrogens (primary N) is 1. The van der Waals surface area contributed by atoms with Crippen LogP contribution in [0.2, 0.25) is 0 Å². The summed E-state index contributed by atoms with van der Waals surface area (Å²) in [6.45, 7) is 1.97. The molecule has 1 amide bonds. The molecule has 2 rings (SSSR count). The monoisotopic (exact) mass is 398 g/mol. The minimum Gasteiger partial charge on any atom is -0.323 e. The van der Waals surface area contributed by atoms with Gasteiger partial charge in [-0.3, -0.25) is 15.6 Å². The van der Waals surface area contributed by atoms with Gasteiger partial charge in [0, 0.05) is 21.3 Å². The van der Waals surface area contributed by atoms with Gasteiger partial charge in [0.1, 0.15) is 0 Å². The highest BCUT2D eigenvalue weighted by molar-refractivity contribution is 9.11. The predicted octanol–water partition coefficient (Wildman–Crippen LogP) is 3.45. The summed E-state index contributed by atoms with van der Waals surface area (Å²) in [7, 11) is 0. The summed E-state index contributed by atoms with van der Waals surface area (Å²) >= 11 is 6.87. The molecule has 5 nitrogen and oxygen atoms in total. The number of rotatable bonds is 3. The molecule has 0 fully saturated rings. The van der Waals surface area contributed by atoms with Gasteiger partial charge in [-0.1, -0.05) is 0 Å². The molecule has 0 radical (unpaired) electrons. The molecule has 104 valence electrons. The van der Waals surface area contributed by atoms with Crippen molar-refractivity contribution in [3.05, 3.63) is 50.7 Å². The molecular weight excluding hydrogens is 388 g/mol. The first-order chi connectivity index (χ1) is 9.52. The molecule has 0 unspecified atom stereocenters. The number of nitrogens with one attached hydrogen (secondary N) is 2. The third kappa shape index (κ3) is 3.17. The van der Waals surface area contributed by atoms with Gasteiger partial charge in [-0.15, -0.1) is 0 Å². The smallest absolute Gasteiger partial charge is 0.259 e. The third-order valence-electron chi connectivity index (χ3n) is 2.65. The number of nitrogen functional groups attached to an aromatic ring is 1. The Morgan fingerprint density at radius 3 is 2.55 bits per heavy atom. The van der Waals surface area contributed by atoms with Crippen LogP contribution in [0.1, 0.15) is 15.9 Å². The van der Waals surface area contributed by atoms with E-state index in [0.717, 1.165) is 14.5 Å². The van der Waals surface area contributed by atoms with Crippen LogP contribution in [-0.2, 0) is 0 Å². The summed E-state index contributed by atoms with van der Waals surface area (Å²) in [5, 5.41) is 2.83. The first kappa shape index (κ1) is 15.0. The van der Waals surface area contributed by atoms with Crippen molar-refractivity contribution in [1.82, 2.24) is 4.98 Å². The summed E-state index contributed by atoms with van der Waals surface area (Å²) in [6, 6.07) is 5.48. The molecule has 2 aromatic rings. The summed E-state index contributed by atoms with van der Waals surface area (Å²) in [4.78, 5) is 16.2. The number of halogens is 2. The van der Waals surface area contributed by atoms with Gasteiger partial charge in [0.25, 0.3) is 5.91 Å². The van der Waals surface area contributed by atoms with Crippen molar-refractivity contribution in [3.63, 3.8) is 0 Å². The van der Waals surface area contributed by atoms with Gasteiger partial charge in [0.05, 0.1) is 16.9 Å². The van der Waals surface area contributed by atoms with E-state index in [1.807, 2.05) is 19.1 Å². The number of amides is 1. The molecule has 1 heterocycles. The Morgan fingerprint density at radius 1 is 1.30 bits per heavy atom. The number of hydrogen-bond donors (Lipinski definition) is 3. The number of benzene rings is 1. The molecule has 0 aliphatic heterocycles. The van der Waals surface area contributed by atoms with Gasteiger partial charge < -0.3 is 10.7 Å². The lowest BCUT2D eigenvalue weighted by atomic mass is 10.2. The average Bonchev–Trinajstić information content (AvgIpc) is 2.42. The Morgan fingerprint density at radius 2 is 1.95 bits per heavy atom. The second-order valence-corrected chi connectivity index (χ2v) is 5.83. The van der Waals surface area contributed by atoms with Gasteiger partial charge >= 0.3 is 0 Å². The van der Waals surface area contributed by atoms with Crippen LogP contribution in [0.5, 0.6) is 0 Å². The molecule has 0 saturated heterocycles. The summed E-state index contributed by atoms with van der Waals surface area (Å²) in [5.41, 5.74) is 5.09. The van der Waals surface area contributed by atoms with E-state index in [-0.39, 0.29) is 5.91 Å². The van der Waals surface area contributed by atoms with E-state index >= 15 is 0 Å². The van der Waals surface area contributed by atoms with E-state index in [1.165, 1.54) is 6.20 Å². The Bertz CT molecular complexity index is 638. The Kier molecular flexibility index (Phi) is 4.74. The highest BCUT2D eigenvalue weighted by Gasteiger charge is 2.14. The van der Waals surface area contributed by atoms with E-state index in [2.05, 4.69) is 47.6 Å². The van der Waals surface area contributed by atoms with Crippen molar-refractivity contribution in [2.45, 2.75) is 6.92 Å². The van der Waals surface area contributed by atoms with Gasteiger partial charge in [-0.25, -0.2) is 0 Å². The SMILES string of the molecule is Cc1cc(Br)c(NC(=O)c2cnccc2NN)c(Br)c1. The van der Waals surface area contributed by atoms with Crippen LogP contribution in [-0.4, -0.2) is 10.9 Å². The fourth-order valence-corrected chi connectivity index (χ4v) is 3.32. The number of aryl methyl sites for hydroxylation is 1. The number of pyridine rings is 1.